The molecule has 0 aliphatic carbocycles. The number of aromatic amines is 1. The number of pyridine rings is 1. The van der Waals surface area contributed by atoms with Crippen LogP contribution in [0.15, 0.2) is 71.7 Å². The largest absolute Gasteiger partial charge is 0.382 e. The number of anilines is 1. The second-order valence-electron chi connectivity index (χ2n) is 8.28. The number of aromatic nitrogens is 3. The van der Waals surface area contributed by atoms with E-state index in [2.05, 4.69) is 21.3 Å². The van der Waals surface area contributed by atoms with Gasteiger partial charge in [0.2, 0.25) is 0 Å². The molecule has 1 atom stereocenters. The number of aliphatic hydroxyl groups is 1. The highest BCUT2D eigenvalue weighted by molar-refractivity contribution is 5.94. The van der Waals surface area contributed by atoms with Gasteiger partial charge in [0, 0.05) is 43.3 Å². The number of rotatable bonds is 4. The standard InChI is InChI=1S/C26H22N6O3/c27-16-19-7-4-10-28-24(19)31-11-13-32(14-12-31)26(35)18-6-3-5-17(15-18)23(33)22-20-8-1-2-9-21(20)25(34)30-29-22/h1-10,15,23,33H,11-14H2,(H,30,34). The van der Waals surface area contributed by atoms with Crippen LogP contribution in [0, 0.1) is 11.3 Å². The summed E-state index contributed by atoms with van der Waals surface area (Å²) in [6.07, 6.45) is 0.542. The zero-order valence-electron chi connectivity index (χ0n) is 18.8. The third kappa shape index (κ3) is 4.23. The highest BCUT2D eigenvalue weighted by atomic mass is 16.3. The molecule has 0 saturated carbocycles. The van der Waals surface area contributed by atoms with Crippen LogP contribution in [0.4, 0.5) is 5.82 Å². The molecule has 9 heteroatoms. The topological polar surface area (TPSA) is 126 Å². The Bertz CT molecular complexity index is 1500. The molecule has 35 heavy (non-hydrogen) atoms. The molecule has 1 amide bonds. The summed E-state index contributed by atoms with van der Waals surface area (Å²) in [5, 5.41) is 27.9. The number of piperazine rings is 1. The molecule has 1 saturated heterocycles. The van der Waals surface area contributed by atoms with Gasteiger partial charge >= 0.3 is 0 Å². The summed E-state index contributed by atoms with van der Waals surface area (Å²) in [6.45, 7) is 2.10. The highest BCUT2D eigenvalue weighted by Crippen LogP contribution is 2.26. The molecule has 3 heterocycles. The van der Waals surface area contributed by atoms with Crippen molar-refractivity contribution in [1.82, 2.24) is 20.1 Å². The fourth-order valence-corrected chi connectivity index (χ4v) is 4.38. The molecule has 2 aromatic carbocycles. The van der Waals surface area contributed by atoms with E-state index in [-0.39, 0.29) is 11.5 Å². The van der Waals surface area contributed by atoms with E-state index in [1.807, 2.05) is 4.90 Å². The van der Waals surface area contributed by atoms with Crippen molar-refractivity contribution in [3.63, 3.8) is 0 Å². The van der Waals surface area contributed by atoms with Gasteiger partial charge in [-0.1, -0.05) is 30.3 Å². The Morgan fingerprint density at radius 3 is 2.57 bits per heavy atom. The van der Waals surface area contributed by atoms with Crippen LogP contribution < -0.4 is 10.5 Å². The van der Waals surface area contributed by atoms with E-state index >= 15 is 0 Å². The molecule has 174 valence electrons. The van der Waals surface area contributed by atoms with Gasteiger partial charge in [-0.2, -0.15) is 10.4 Å². The lowest BCUT2D eigenvalue weighted by atomic mass is 9.99. The van der Waals surface area contributed by atoms with Crippen molar-refractivity contribution in [2.24, 2.45) is 0 Å². The number of fused-ring (bicyclic) bond motifs is 1. The predicted octanol–water partition coefficient (Wildman–Crippen LogP) is 2.23. The average molecular weight is 467 g/mol. The van der Waals surface area contributed by atoms with Crippen molar-refractivity contribution in [2.45, 2.75) is 6.10 Å². The van der Waals surface area contributed by atoms with Gasteiger partial charge < -0.3 is 14.9 Å². The Hall–Kier alpha value is -4.55. The number of nitrogens with zero attached hydrogens (tertiary/aromatic N) is 5. The first kappa shape index (κ1) is 22.3. The molecule has 1 unspecified atom stereocenters. The van der Waals surface area contributed by atoms with Gasteiger partial charge in [0.05, 0.1) is 10.9 Å². The first-order chi connectivity index (χ1) is 17.1. The van der Waals surface area contributed by atoms with Gasteiger partial charge in [0.1, 0.15) is 23.7 Å². The fraction of sp³-hybridized carbons (Fsp3) is 0.192. The summed E-state index contributed by atoms with van der Waals surface area (Å²) < 4.78 is 0. The summed E-state index contributed by atoms with van der Waals surface area (Å²) in [5.41, 5.74) is 1.47. The maximum absolute atomic E-state index is 13.2. The second-order valence-corrected chi connectivity index (χ2v) is 8.28. The average Bonchev–Trinajstić information content (AvgIpc) is 2.93. The molecule has 0 radical (unpaired) electrons. The van der Waals surface area contributed by atoms with Crippen molar-refractivity contribution in [1.29, 1.82) is 5.26 Å². The third-order valence-electron chi connectivity index (χ3n) is 6.21. The molecule has 0 bridgehead atoms. The highest BCUT2D eigenvalue weighted by Gasteiger charge is 2.25. The van der Waals surface area contributed by atoms with E-state index in [0.29, 0.717) is 65.2 Å². The number of H-pyrrole nitrogens is 1. The number of amides is 1. The van der Waals surface area contributed by atoms with Gasteiger partial charge in [-0.15, -0.1) is 0 Å². The van der Waals surface area contributed by atoms with Gasteiger partial charge in [0.15, 0.2) is 0 Å². The van der Waals surface area contributed by atoms with Crippen LogP contribution in [-0.4, -0.2) is 57.3 Å². The molecule has 5 rings (SSSR count). The number of hydrogen-bond acceptors (Lipinski definition) is 7. The Morgan fingerprint density at radius 1 is 1.03 bits per heavy atom. The minimum Gasteiger partial charge on any atom is -0.382 e. The maximum atomic E-state index is 13.2. The van der Waals surface area contributed by atoms with Crippen LogP contribution in [0.3, 0.4) is 0 Å². The van der Waals surface area contributed by atoms with E-state index in [9.17, 15) is 20.0 Å². The number of nitriles is 1. The second kappa shape index (κ2) is 9.37. The molecule has 4 aromatic rings. The van der Waals surface area contributed by atoms with Gasteiger partial charge in [0.25, 0.3) is 11.5 Å². The molecule has 0 spiro atoms. The maximum Gasteiger partial charge on any atom is 0.272 e. The van der Waals surface area contributed by atoms with Crippen LogP contribution in [-0.2, 0) is 0 Å². The third-order valence-corrected chi connectivity index (χ3v) is 6.21. The van der Waals surface area contributed by atoms with Crippen molar-refractivity contribution in [3.05, 3.63) is 99.6 Å². The quantitative estimate of drug-likeness (QED) is 0.472. The zero-order valence-corrected chi connectivity index (χ0v) is 18.8. The van der Waals surface area contributed by atoms with Crippen molar-refractivity contribution < 1.29 is 9.90 Å². The minimum atomic E-state index is -1.12. The minimum absolute atomic E-state index is 0.139. The van der Waals surface area contributed by atoms with Gasteiger partial charge in [-0.25, -0.2) is 10.1 Å². The Labute approximate surface area is 200 Å². The first-order valence-corrected chi connectivity index (χ1v) is 11.2. The van der Waals surface area contributed by atoms with Gasteiger partial charge in [-0.3, -0.25) is 9.59 Å². The zero-order chi connectivity index (χ0) is 24.4. The Kier molecular flexibility index (Phi) is 5.95. The summed E-state index contributed by atoms with van der Waals surface area (Å²) in [6, 6.07) is 19.4. The van der Waals surface area contributed by atoms with E-state index in [0.717, 1.165) is 0 Å². The molecular formula is C26H22N6O3. The first-order valence-electron chi connectivity index (χ1n) is 11.2. The lowest BCUT2D eigenvalue weighted by molar-refractivity contribution is 0.0746. The fourth-order valence-electron chi connectivity index (χ4n) is 4.38. The van der Waals surface area contributed by atoms with Crippen molar-refractivity contribution in [2.75, 3.05) is 31.1 Å². The van der Waals surface area contributed by atoms with E-state index in [1.165, 1.54) is 0 Å². The van der Waals surface area contributed by atoms with E-state index in [1.54, 1.807) is 71.8 Å². The predicted molar refractivity (Wildman–Crippen MR) is 130 cm³/mol. The Morgan fingerprint density at radius 2 is 1.80 bits per heavy atom. The number of carbonyl (C=O) groups is 1. The number of nitrogens with one attached hydrogen (secondary N) is 1. The number of aliphatic hydroxyl groups excluding tert-OH is 1. The lowest BCUT2D eigenvalue weighted by Gasteiger charge is -2.35. The molecule has 9 nitrogen and oxygen atoms in total. The molecule has 2 N–H and O–H groups in total. The van der Waals surface area contributed by atoms with Crippen LogP contribution in [0.1, 0.15) is 33.3 Å². The van der Waals surface area contributed by atoms with E-state index in [4.69, 9.17) is 0 Å². The summed E-state index contributed by atoms with van der Waals surface area (Å²) in [5.74, 6) is 0.493. The molecular weight excluding hydrogens is 444 g/mol. The Balaban J connectivity index is 1.34. The van der Waals surface area contributed by atoms with Gasteiger partial charge in [-0.05, 0) is 35.9 Å². The van der Waals surface area contributed by atoms with Crippen LogP contribution in [0.2, 0.25) is 0 Å². The summed E-state index contributed by atoms with van der Waals surface area (Å²) in [7, 11) is 0. The summed E-state index contributed by atoms with van der Waals surface area (Å²) in [4.78, 5) is 33.4. The monoisotopic (exact) mass is 466 g/mol. The number of hydrogen-bond donors (Lipinski definition) is 2. The normalized spacial score (nSPS) is 14.5. The lowest BCUT2D eigenvalue weighted by Crippen LogP contribution is -2.49. The van der Waals surface area contributed by atoms with E-state index < -0.39 is 6.10 Å². The molecule has 2 aromatic heterocycles. The SMILES string of the molecule is N#Cc1cccnc1N1CCN(C(=O)c2cccc(C(O)c3n[nH]c(=O)c4ccccc34)c2)CC1. The van der Waals surface area contributed by atoms with Crippen LogP contribution in [0.25, 0.3) is 10.8 Å². The number of carbonyl (C=O) groups excluding carboxylic acids is 1. The van der Waals surface area contributed by atoms with Crippen molar-refractivity contribution >= 4 is 22.5 Å². The number of benzene rings is 2. The molecule has 1 aliphatic heterocycles. The van der Waals surface area contributed by atoms with Crippen LogP contribution in [0.5, 0.6) is 0 Å². The molecule has 1 aliphatic rings. The summed E-state index contributed by atoms with van der Waals surface area (Å²) >= 11 is 0. The van der Waals surface area contributed by atoms with Crippen LogP contribution >= 0.6 is 0 Å². The molecule has 1 fully saturated rings. The van der Waals surface area contributed by atoms with Crippen molar-refractivity contribution in [3.8, 4) is 6.07 Å². The smallest absolute Gasteiger partial charge is 0.272 e.